The maximum Gasteiger partial charge on any atom is 0.0480 e. The van der Waals surface area contributed by atoms with Crippen LogP contribution in [0, 0.1) is 0 Å². The normalized spacial score (nSPS) is 24.2. The van der Waals surface area contributed by atoms with Gasteiger partial charge in [0.15, 0.2) is 0 Å². The molecule has 0 radical (unpaired) electrons. The molecule has 0 aromatic heterocycles. The summed E-state index contributed by atoms with van der Waals surface area (Å²) < 4.78 is 5.37. The highest BCUT2D eigenvalue weighted by molar-refractivity contribution is 4.68. The van der Waals surface area contributed by atoms with Crippen LogP contribution in [0.2, 0.25) is 0 Å². The van der Waals surface area contributed by atoms with Gasteiger partial charge in [-0.2, -0.15) is 0 Å². The van der Waals surface area contributed by atoms with Gasteiger partial charge in [0, 0.05) is 25.9 Å². The van der Waals surface area contributed by atoms with Crippen molar-refractivity contribution in [2.45, 2.75) is 38.1 Å². The van der Waals surface area contributed by atoms with Crippen molar-refractivity contribution in [2.75, 3.05) is 26.4 Å². The van der Waals surface area contributed by atoms with E-state index in [0.29, 0.717) is 12.6 Å². The minimum Gasteiger partial charge on any atom is -0.396 e. The van der Waals surface area contributed by atoms with Gasteiger partial charge in [-0.25, -0.2) is 0 Å². The maximum atomic E-state index is 8.60. The summed E-state index contributed by atoms with van der Waals surface area (Å²) in [7, 11) is 0. The molecule has 1 fully saturated rings. The summed E-state index contributed by atoms with van der Waals surface area (Å²) in [6.07, 6.45) is 5.54. The molecule has 1 aliphatic heterocycles. The van der Waals surface area contributed by atoms with Gasteiger partial charge in [-0.15, -0.1) is 0 Å². The van der Waals surface area contributed by atoms with E-state index in [1.54, 1.807) is 0 Å². The fourth-order valence-electron chi connectivity index (χ4n) is 1.65. The largest absolute Gasteiger partial charge is 0.396 e. The van der Waals surface area contributed by atoms with Gasteiger partial charge in [0.05, 0.1) is 0 Å². The van der Waals surface area contributed by atoms with Crippen LogP contribution in [0.3, 0.4) is 0 Å². The number of aliphatic hydroxyl groups is 1. The summed E-state index contributed by atoms with van der Waals surface area (Å²) >= 11 is 0. The van der Waals surface area contributed by atoms with Crippen molar-refractivity contribution in [2.24, 2.45) is 0 Å². The molecule has 0 aromatic carbocycles. The van der Waals surface area contributed by atoms with Crippen molar-refractivity contribution in [3.8, 4) is 0 Å². The van der Waals surface area contributed by atoms with Crippen LogP contribution in [-0.4, -0.2) is 37.5 Å². The zero-order chi connectivity index (χ0) is 9.36. The molecule has 0 amide bonds. The zero-order valence-electron chi connectivity index (χ0n) is 8.30. The SMILES string of the molecule is OCCCCNC1CCCOCC1. The van der Waals surface area contributed by atoms with Crippen molar-refractivity contribution in [1.29, 1.82) is 0 Å². The summed E-state index contributed by atoms with van der Waals surface area (Å²) in [6, 6.07) is 0.640. The van der Waals surface area contributed by atoms with Crippen molar-refractivity contribution >= 4 is 0 Å². The molecular weight excluding hydrogens is 166 g/mol. The summed E-state index contributed by atoms with van der Waals surface area (Å²) in [5.74, 6) is 0. The van der Waals surface area contributed by atoms with Gasteiger partial charge in [0.2, 0.25) is 0 Å². The molecule has 1 aliphatic rings. The number of hydrogen-bond acceptors (Lipinski definition) is 3. The Hall–Kier alpha value is -0.120. The Labute approximate surface area is 80.5 Å². The Morgan fingerprint density at radius 2 is 2.15 bits per heavy atom. The third-order valence-corrected chi connectivity index (χ3v) is 2.47. The predicted octanol–water partition coefficient (Wildman–Crippen LogP) is 0.918. The molecule has 78 valence electrons. The third kappa shape index (κ3) is 5.24. The van der Waals surface area contributed by atoms with Gasteiger partial charge >= 0.3 is 0 Å². The second-order valence-electron chi connectivity index (χ2n) is 3.63. The molecule has 1 heterocycles. The number of ether oxygens (including phenoxy) is 1. The molecule has 3 heteroatoms. The van der Waals surface area contributed by atoms with E-state index < -0.39 is 0 Å². The lowest BCUT2D eigenvalue weighted by atomic mass is 10.1. The zero-order valence-corrected chi connectivity index (χ0v) is 8.30. The lowest BCUT2D eigenvalue weighted by Gasteiger charge is -2.14. The Morgan fingerprint density at radius 3 is 3.00 bits per heavy atom. The van der Waals surface area contributed by atoms with E-state index in [9.17, 15) is 0 Å². The third-order valence-electron chi connectivity index (χ3n) is 2.47. The van der Waals surface area contributed by atoms with Crippen LogP contribution >= 0.6 is 0 Å². The van der Waals surface area contributed by atoms with E-state index in [1.807, 2.05) is 0 Å². The number of hydrogen-bond donors (Lipinski definition) is 2. The molecule has 0 spiro atoms. The van der Waals surface area contributed by atoms with E-state index in [-0.39, 0.29) is 0 Å². The first kappa shape index (κ1) is 11.0. The average Bonchev–Trinajstić information content (AvgIpc) is 2.41. The highest BCUT2D eigenvalue weighted by atomic mass is 16.5. The molecular formula is C10H21NO2. The lowest BCUT2D eigenvalue weighted by Crippen LogP contribution is -2.30. The highest BCUT2D eigenvalue weighted by Crippen LogP contribution is 2.07. The second kappa shape index (κ2) is 7.30. The number of nitrogens with one attached hydrogen (secondary N) is 1. The van der Waals surface area contributed by atoms with Gasteiger partial charge in [-0.1, -0.05) is 0 Å². The number of aliphatic hydroxyl groups excluding tert-OH is 1. The molecule has 2 N–H and O–H groups in total. The van der Waals surface area contributed by atoms with E-state index in [0.717, 1.165) is 39.0 Å². The number of rotatable bonds is 5. The van der Waals surface area contributed by atoms with Crippen molar-refractivity contribution in [3.63, 3.8) is 0 Å². The van der Waals surface area contributed by atoms with Gasteiger partial charge in [0.25, 0.3) is 0 Å². The van der Waals surface area contributed by atoms with Gasteiger partial charge in [-0.05, 0) is 38.6 Å². The van der Waals surface area contributed by atoms with Crippen LogP contribution in [0.4, 0.5) is 0 Å². The summed E-state index contributed by atoms with van der Waals surface area (Å²) in [5.41, 5.74) is 0. The van der Waals surface area contributed by atoms with Crippen LogP contribution in [-0.2, 0) is 4.74 Å². The Balaban J connectivity index is 1.98. The number of unbranched alkanes of at least 4 members (excludes halogenated alkanes) is 1. The summed E-state index contributed by atoms with van der Waals surface area (Å²) in [5, 5.41) is 12.1. The van der Waals surface area contributed by atoms with Gasteiger partial charge in [-0.3, -0.25) is 0 Å². The minimum atomic E-state index is 0.315. The smallest absolute Gasteiger partial charge is 0.0480 e. The molecule has 0 saturated carbocycles. The molecule has 13 heavy (non-hydrogen) atoms. The van der Waals surface area contributed by atoms with Crippen LogP contribution in [0.25, 0.3) is 0 Å². The molecule has 0 aromatic rings. The fourth-order valence-corrected chi connectivity index (χ4v) is 1.65. The lowest BCUT2D eigenvalue weighted by molar-refractivity contribution is 0.142. The molecule has 1 rings (SSSR count). The molecule has 1 atom stereocenters. The van der Waals surface area contributed by atoms with Crippen molar-refractivity contribution in [1.82, 2.24) is 5.32 Å². The van der Waals surface area contributed by atoms with E-state index >= 15 is 0 Å². The molecule has 0 bridgehead atoms. The Morgan fingerprint density at radius 1 is 1.23 bits per heavy atom. The quantitative estimate of drug-likeness (QED) is 0.629. The summed E-state index contributed by atoms with van der Waals surface area (Å²) in [4.78, 5) is 0. The first-order valence-corrected chi connectivity index (χ1v) is 5.35. The van der Waals surface area contributed by atoms with Gasteiger partial charge in [0.1, 0.15) is 0 Å². The fraction of sp³-hybridized carbons (Fsp3) is 1.00. The Bertz CT molecular complexity index is 111. The topological polar surface area (TPSA) is 41.5 Å². The van der Waals surface area contributed by atoms with Crippen molar-refractivity contribution in [3.05, 3.63) is 0 Å². The first-order valence-electron chi connectivity index (χ1n) is 5.35. The van der Waals surface area contributed by atoms with E-state index in [1.165, 1.54) is 12.8 Å². The molecule has 0 aliphatic carbocycles. The monoisotopic (exact) mass is 187 g/mol. The second-order valence-corrected chi connectivity index (χ2v) is 3.63. The van der Waals surface area contributed by atoms with Crippen LogP contribution in [0.1, 0.15) is 32.1 Å². The van der Waals surface area contributed by atoms with E-state index in [2.05, 4.69) is 5.32 Å². The molecule has 3 nitrogen and oxygen atoms in total. The van der Waals surface area contributed by atoms with E-state index in [4.69, 9.17) is 9.84 Å². The Kier molecular flexibility index (Phi) is 6.15. The standard InChI is InChI=1S/C10H21NO2/c12-7-2-1-6-11-10-4-3-8-13-9-5-10/h10-12H,1-9H2. The van der Waals surface area contributed by atoms with Crippen LogP contribution < -0.4 is 5.32 Å². The van der Waals surface area contributed by atoms with Gasteiger partial charge < -0.3 is 15.2 Å². The molecule has 1 unspecified atom stereocenters. The average molecular weight is 187 g/mol. The minimum absolute atomic E-state index is 0.315. The molecule has 1 saturated heterocycles. The highest BCUT2D eigenvalue weighted by Gasteiger charge is 2.10. The maximum absolute atomic E-state index is 8.60. The first-order chi connectivity index (χ1) is 6.43. The predicted molar refractivity (Wildman–Crippen MR) is 52.8 cm³/mol. The van der Waals surface area contributed by atoms with Crippen molar-refractivity contribution < 1.29 is 9.84 Å². The summed E-state index contributed by atoms with van der Waals surface area (Å²) in [6.45, 7) is 3.17. The van der Waals surface area contributed by atoms with Crippen LogP contribution in [0.15, 0.2) is 0 Å². The van der Waals surface area contributed by atoms with Crippen LogP contribution in [0.5, 0.6) is 0 Å².